The molecule has 2 aromatic carbocycles. The zero-order valence-electron chi connectivity index (χ0n) is 21.1. The lowest BCUT2D eigenvalue weighted by molar-refractivity contribution is -0.0569. The van der Waals surface area contributed by atoms with Crippen molar-refractivity contribution in [3.8, 4) is 17.3 Å². The fraction of sp³-hybridized carbons (Fsp3) is 0.464. The average molecular weight is 498 g/mol. The first-order valence-corrected chi connectivity index (χ1v) is 12.7. The fourth-order valence-electron chi connectivity index (χ4n) is 3.99. The van der Waals surface area contributed by atoms with Crippen molar-refractivity contribution in [3.05, 3.63) is 70.9 Å². The van der Waals surface area contributed by atoms with E-state index in [0.717, 1.165) is 23.5 Å². The number of rotatable bonds is 11. The Morgan fingerprint density at radius 1 is 1.11 bits per heavy atom. The summed E-state index contributed by atoms with van der Waals surface area (Å²) in [5.74, 6) is 1.89. The van der Waals surface area contributed by atoms with Gasteiger partial charge in [0.25, 0.3) is 0 Å². The Labute approximate surface area is 213 Å². The lowest BCUT2D eigenvalue weighted by atomic mass is 10.2. The van der Waals surface area contributed by atoms with E-state index < -0.39 is 6.10 Å². The van der Waals surface area contributed by atoms with Gasteiger partial charge >= 0.3 is 0 Å². The Kier molecular flexibility index (Phi) is 8.17. The number of benzene rings is 2. The molecule has 1 aromatic heterocycles. The van der Waals surface area contributed by atoms with Crippen LogP contribution in [0.25, 0.3) is 5.69 Å². The number of hydrogen-bond acceptors (Lipinski definition) is 5. The van der Waals surface area contributed by atoms with Crippen LogP contribution in [0.4, 0.5) is 0 Å². The molecule has 0 amide bonds. The number of halogens is 1. The van der Waals surface area contributed by atoms with Gasteiger partial charge in [0.05, 0.1) is 40.3 Å². The molecule has 0 saturated heterocycles. The highest BCUT2D eigenvalue weighted by molar-refractivity contribution is 6.32. The first kappa shape index (κ1) is 25.7. The van der Waals surface area contributed by atoms with Crippen LogP contribution in [0.5, 0.6) is 11.6 Å². The van der Waals surface area contributed by atoms with Gasteiger partial charge in [-0.3, -0.25) is 4.90 Å². The molecule has 1 saturated carbocycles. The van der Waals surface area contributed by atoms with E-state index in [2.05, 4.69) is 4.90 Å². The van der Waals surface area contributed by atoms with Crippen LogP contribution in [-0.4, -0.2) is 51.2 Å². The molecule has 0 spiro atoms. The van der Waals surface area contributed by atoms with Gasteiger partial charge in [0, 0.05) is 19.6 Å². The van der Waals surface area contributed by atoms with Crippen LogP contribution in [-0.2, 0) is 11.3 Å². The van der Waals surface area contributed by atoms with Gasteiger partial charge < -0.3 is 14.6 Å². The highest BCUT2D eigenvalue weighted by Crippen LogP contribution is 2.36. The van der Waals surface area contributed by atoms with Crippen LogP contribution in [0.15, 0.2) is 54.6 Å². The number of aliphatic hydroxyl groups excluding tert-OH is 1. The fourth-order valence-corrected chi connectivity index (χ4v) is 4.17. The quantitative estimate of drug-likeness (QED) is 0.351. The third kappa shape index (κ3) is 7.31. The van der Waals surface area contributed by atoms with Gasteiger partial charge in [0.2, 0.25) is 5.88 Å². The lowest BCUT2D eigenvalue weighted by Gasteiger charge is -2.27. The normalized spacial score (nSPS) is 14.9. The van der Waals surface area contributed by atoms with Crippen LogP contribution in [0, 0.1) is 12.8 Å². The van der Waals surface area contributed by atoms with E-state index in [1.807, 2.05) is 87.0 Å². The van der Waals surface area contributed by atoms with Crippen molar-refractivity contribution in [1.82, 2.24) is 14.7 Å². The summed E-state index contributed by atoms with van der Waals surface area (Å²) in [5.41, 5.74) is 2.50. The van der Waals surface area contributed by atoms with E-state index in [9.17, 15) is 5.11 Å². The molecular weight excluding hydrogens is 462 g/mol. The smallest absolute Gasteiger partial charge is 0.227 e. The zero-order valence-corrected chi connectivity index (χ0v) is 21.8. The van der Waals surface area contributed by atoms with Gasteiger partial charge in [-0.05, 0) is 70.7 Å². The lowest BCUT2D eigenvalue weighted by Crippen LogP contribution is -2.37. The summed E-state index contributed by atoms with van der Waals surface area (Å²) < 4.78 is 14.1. The van der Waals surface area contributed by atoms with E-state index in [-0.39, 0.29) is 5.60 Å². The number of para-hydroxylation sites is 2. The predicted molar refractivity (Wildman–Crippen MR) is 140 cm³/mol. The maximum Gasteiger partial charge on any atom is 0.227 e. The summed E-state index contributed by atoms with van der Waals surface area (Å²) in [4.78, 5) is 2.30. The predicted octanol–water partition coefficient (Wildman–Crippen LogP) is 6.01. The second-order valence-electron chi connectivity index (χ2n) is 10.4. The third-order valence-electron chi connectivity index (χ3n) is 5.95. The minimum atomic E-state index is -0.578. The minimum absolute atomic E-state index is 0.286. The summed E-state index contributed by atoms with van der Waals surface area (Å²) in [6, 6.07) is 17.4. The molecule has 0 bridgehead atoms. The van der Waals surface area contributed by atoms with Crippen molar-refractivity contribution in [1.29, 1.82) is 0 Å². The minimum Gasteiger partial charge on any atom is -0.437 e. The van der Waals surface area contributed by atoms with Gasteiger partial charge in [0.1, 0.15) is 5.75 Å². The van der Waals surface area contributed by atoms with Crippen molar-refractivity contribution in [2.75, 3.05) is 19.7 Å². The van der Waals surface area contributed by atoms with Crippen LogP contribution in [0.2, 0.25) is 5.02 Å². The van der Waals surface area contributed by atoms with E-state index in [1.165, 1.54) is 12.8 Å². The molecule has 0 aliphatic heterocycles. The zero-order chi connectivity index (χ0) is 25.0. The molecule has 1 unspecified atom stereocenters. The molecular formula is C28H36ClN3O3. The molecule has 7 heteroatoms. The van der Waals surface area contributed by atoms with E-state index in [4.69, 9.17) is 26.2 Å². The van der Waals surface area contributed by atoms with Crippen LogP contribution >= 0.6 is 11.6 Å². The van der Waals surface area contributed by atoms with Gasteiger partial charge in [-0.2, -0.15) is 5.10 Å². The van der Waals surface area contributed by atoms with Gasteiger partial charge in [-0.25, -0.2) is 4.68 Å². The maximum absolute atomic E-state index is 10.8. The highest BCUT2D eigenvalue weighted by Gasteiger charge is 2.28. The number of aliphatic hydroxyl groups is 1. The summed E-state index contributed by atoms with van der Waals surface area (Å²) in [6.45, 7) is 10.4. The number of aromatic nitrogens is 2. The average Bonchev–Trinajstić information content (AvgIpc) is 3.58. The molecule has 1 N–H and O–H groups in total. The van der Waals surface area contributed by atoms with Gasteiger partial charge in [0.15, 0.2) is 0 Å². The molecule has 188 valence electrons. The number of ether oxygens (including phenoxy) is 2. The Hall–Kier alpha value is -2.38. The van der Waals surface area contributed by atoms with Crippen LogP contribution < -0.4 is 4.74 Å². The Balaban J connectivity index is 1.63. The SMILES string of the molecule is Cc1nn(-c2ccccc2)c(Oc2ccccc2Cl)c1CN(CC(O)COC(C)(C)C)CC1CC1. The van der Waals surface area contributed by atoms with E-state index >= 15 is 0 Å². The molecule has 1 aliphatic rings. The summed E-state index contributed by atoms with van der Waals surface area (Å²) in [6.07, 6.45) is 1.89. The van der Waals surface area contributed by atoms with Crippen molar-refractivity contribution < 1.29 is 14.6 Å². The van der Waals surface area contributed by atoms with E-state index in [1.54, 1.807) is 0 Å². The summed E-state index contributed by atoms with van der Waals surface area (Å²) >= 11 is 6.44. The first-order chi connectivity index (χ1) is 16.7. The number of aryl methyl sites for hydroxylation is 1. The van der Waals surface area contributed by atoms with Gasteiger partial charge in [-0.15, -0.1) is 0 Å². The topological polar surface area (TPSA) is 59.8 Å². The Morgan fingerprint density at radius 3 is 2.46 bits per heavy atom. The standard InChI is InChI=1S/C28H36ClN3O3/c1-20-24(18-31(16-21-14-15-21)17-23(33)19-34-28(2,3)4)27(35-26-13-9-8-12-25(26)29)32(30-20)22-10-6-5-7-11-22/h5-13,21,23,33H,14-19H2,1-4H3. The molecule has 6 nitrogen and oxygen atoms in total. The van der Waals surface area contributed by atoms with Crippen molar-refractivity contribution in [2.24, 2.45) is 5.92 Å². The van der Waals surface area contributed by atoms with Crippen molar-refractivity contribution >= 4 is 11.6 Å². The van der Waals surface area contributed by atoms with E-state index in [0.29, 0.717) is 42.3 Å². The third-order valence-corrected chi connectivity index (χ3v) is 6.27. The molecule has 0 radical (unpaired) electrons. The van der Waals surface area contributed by atoms with Crippen molar-refractivity contribution in [3.63, 3.8) is 0 Å². The van der Waals surface area contributed by atoms with Crippen LogP contribution in [0.1, 0.15) is 44.9 Å². The molecule has 1 aliphatic carbocycles. The Bertz CT molecular complexity index is 1110. The molecule has 1 heterocycles. The maximum atomic E-state index is 10.8. The summed E-state index contributed by atoms with van der Waals surface area (Å²) in [5, 5.41) is 16.1. The summed E-state index contributed by atoms with van der Waals surface area (Å²) in [7, 11) is 0. The monoisotopic (exact) mass is 497 g/mol. The molecule has 4 rings (SSSR count). The number of hydrogen-bond donors (Lipinski definition) is 1. The first-order valence-electron chi connectivity index (χ1n) is 12.3. The second kappa shape index (κ2) is 11.1. The second-order valence-corrected chi connectivity index (χ2v) is 10.8. The Morgan fingerprint density at radius 2 is 1.80 bits per heavy atom. The molecule has 1 fully saturated rings. The highest BCUT2D eigenvalue weighted by atomic mass is 35.5. The van der Waals surface area contributed by atoms with Gasteiger partial charge in [-0.1, -0.05) is 41.9 Å². The molecule has 3 aromatic rings. The van der Waals surface area contributed by atoms with Crippen LogP contribution in [0.3, 0.4) is 0 Å². The molecule has 35 heavy (non-hydrogen) atoms. The largest absolute Gasteiger partial charge is 0.437 e. The molecule has 1 atom stereocenters. The number of nitrogens with zero attached hydrogens (tertiary/aromatic N) is 3. The van der Waals surface area contributed by atoms with Crippen molar-refractivity contribution in [2.45, 2.75) is 58.8 Å².